The fourth-order valence-corrected chi connectivity index (χ4v) is 2.61. The highest BCUT2D eigenvalue weighted by Gasteiger charge is 2.20. The van der Waals surface area contributed by atoms with Gasteiger partial charge < -0.3 is 16.0 Å². The van der Waals surface area contributed by atoms with E-state index in [1.165, 1.54) is 57.8 Å². The Labute approximate surface area is 125 Å². The first kappa shape index (κ1) is 17.1. The van der Waals surface area contributed by atoms with E-state index < -0.39 is 0 Å². The fraction of sp³-hybridized carbons (Fsp3) is 0.765. The highest BCUT2D eigenvalue weighted by Crippen LogP contribution is 2.14. The average Bonchev–Trinajstić information content (AvgIpc) is 2.89. The molecule has 1 aliphatic rings. The number of hydrogen-bond donors (Lipinski definition) is 2. The molecule has 1 aliphatic heterocycles. The summed E-state index contributed by atoms with van der Waals surface area (Å²) in [5, 5.41) is 3.37. The first-order valence-electron chi connectivity index (χ1n) is 8.36. The summed E-state index contributed by atoms with van der Waals surface area (Å²) in [4.78, 5) is 2.20. The molecule has 0 radical (unpaired) electrons. The van der Waals surface area contributed by atoms with Gasteiger partial charge in [0.15, 0.2) is 0 Å². The van der Waals surface area contributed by atoms with E-state index >= 15 is 0 Å². The zero-order valence-corrected chi connectivity index (χ0v) is 13.4. The third-order valence-corrected chi connectivity index (χ3v) is 3.85. The Morgan fingerprint density at radius 1 is 1.15 bits per heavy atom. The van der Waals surface area contributed by atoms with E-state index in [0.29, 0.717) is 6.17 Å². The van der Waals surface area contributed by atoms with Crippen LogP contribution < -0.4 is 11.1 Å². The largest absolute Gasteiger partial charge is 0.370 e. The molecule has 0 aliphatic carbocycles. The predicted octanol–water partition coefficient (Wildman–Crippen LogP) is 4.08. The van der Waals surface area contributed by atoms with E-state index in [1.807, 2.05) is 13.1 Å². The minimum Gasteiger partial charge on any atom is -0.370 e. The van der Waals surface area contributed by atoms with E-state index in [0.717, 1.165) is 0 Å². The van der Waals surface area contributed by atoms with Crippen LogP contribution in [0.3, 0.4) is 0 Å². The maximum Gasteiger partial charge on any atom is 0.0995 e. The van der Waals surface area contributed by atoms with Gasteiger partial charge in [0.25, 0.3) is 0 Å². The minimum atomic E-state index is 0.0947. The Bertz CT molecular complexity index is 284. The van der Waals surface area contributed by atoms with Crippen LogP contribution in [0.2, 0.25) is 0 Å². The van der Waals surface area contributed by atoms with Crippen molar-refractivity contribution >= 4 is 0 Å². The van der Waals surface area contributed by atoms with E-state index in [2.05, 4.69) is 35.5 Å². The molecule has 0 amide bonds. The quantitative estimate of drug-likeness (QED) is 0.442. The topological polar surface area (TPSA) is 41.3 Å². The summed E-state index contributed by atoms with van der Waals surface area (Å²) in [5.41, 5.74) is 5.93. The highest BCUT2D eigenvalue weighted by molar-refractivity contribution is 4.95. The molecule has 20 heavy (non-hydrogen) atoms. The van der Waals surface area contributed by atoms with Gasteiger partial charge in [0.1, 0.15) is 0 Å². The third-order valence-electron chi connectivity index (χ3n) is 3.85. The molecule has 0 aromatic carbocycles. The van der Waals surface area contributed by atoms with Crippen LogP contribution in [0.4, 0.5) is 0 Å². The first-order valence-corrected chi connectivity index (χ1v) is 8.36. The number of unbranched alkanes of at least 4 members (excludes halogenated alkanes) is 6. The number of nitrogens with one attached hydrogen (secondary N) is 1. The Balaban J connectivity index is 1.95. The van der Waals surface area contributed by atoms with Gasteiger partial charge >= 0.3 is 0 Å². The van der Waals surface area contributed by atoms with Gasteiger partial charge in [-0.25, -0.2) is 0 Å². The van der Waals surface area contributed by atoms with Gasteiger partial charge in [0, 0.05) is 12.4 Å². The zero-order chi connectivity index (χ0) is 14.6. The van der Waals surface area contributed by atoms with Crippen molar-refractivity contribution < 1.29 is 0 Å². The number of hydrogen-bond acceptors (Lipinski definition) is 3. The van der Waals surface area contributed by atoms with Crippen LogP contribution in [0.5, 0.6) is 0 Å². The summed E-state index contributed by atoms with van der Waals surface area (Å²) in [7, 11) is 0. The van der Waals surface area contributed by atoms with Crippen LogP contribution in [-0.4, -0.2) is 17.2 Å². The zero-order valence-electron chi connectivity index (χ0n) is 13.4. The van der Waals surface area contributed by atoms with Gasteiger partial charge in [-0.15, -0.1) is 0 Å². The molecular formula is C17H33N3. The summed E-state index contributed by atoms with van der Waals surface area (Å²) in [6.45, 7) is 4.29. The predicted molar refractivity (Wildman–Crippen MR) is 87.9 cm³/mol. The summed E-state index contributed by atoms with van der Waals surface area (Å²) in [6, 6.07) is 0. The van der Waals surface area contributed by atoms with Gasteiger partial charge in [-0.05, 0) is 45.4 Å². The molecule has 2 unspecified atom stereocenters. The molecule has 0 fully saturated rings. The van der Waals surface area contributed by atoms with Crippen LogP contribution >= 0.6 is 0 Å². The molecule has 1 rings (SSSR count). The van der Waals surface area contributed by atoms with Crippen molar-refractivity contribution in [2.75, 3.05) is 0 Å². The van der Waals surface area contributed by atoms with Crippen LogP contribution in [0.25, 0.3) is 0 Å². The second-order valence-electron chi connectivity index (χ2n) is 5.79. The van der Waals surface area contributed by atoms with Crippen molar-refractivity contribution in [3.63, 3.8) is 0 Å². The maximum atomic E-state index is 5.93. The molecule has 3 N–H and O–H groups in total. The van der Waals surface area contributed by atoms with Crippen LogP contribution in [-0.2, 0) is 0 Å². The van der Waals surface area contributed by atoms with E-state index in [-0.39, 0.29) is 6.17 Å². The maximum absolute atomic E-state index is 5.93. The second-order valence-corrected chi connectivity index (χ2v) is 5.79. The number of nitrogens with two attached hydrogens (primary N) is 1. The second kappa shape index (κ2) is 10.8. The smallest absolute Gasteiger partial charge is 0.0995 e. The van der Waals surface area contributed by atoms with Crippen molar-refractivity contribution in [3.05, 3.63) is 24.6 Å². The van der Waals surface area contributed by atoms with Crippen molar-refractivity contribution in [3.8, 4) is 0 Å². The lowest BCUT2D eigenvalue weighted by atomic mass is 10.1. The third kappa shape index (κ3) is 6.99. The highest BCUT2D eigenvalue weighted by atomic mass is 15.3. The van der Waals surface area contributed by atoms with Gasteiger partial charge in [-0.2, -0.15) is 0 Å². The summed E-state index contributed by atoms with van der Waals surface area (Å²) in [5.74, 6) is 0. The molecule has 0 saturated heterocycles. The first-order chi connectivity index (χ1) is 9.75. The Hall–Kier alpha value is -0.960. The number of nitrogens with zero attached hydrogens (tertiary/aromatic N) is 1. The normalized spacial score (nSPS) is 19.8. The Morgan fingerprint density at radius 3 is 2.50 bits per heavy atom. The standard InChI is InChI=1S/C17H33N3/c1-3-4-5-6-7-8-9-10-11-12-13-17-19-14-15-20(17)16(2)18/h7-8,14-17,19H,3-6,9-13,18H2,1-2H3/b8-7+. The van der Waals surface area contributed by atoms with Crippen molar-refractivity contribution in [1.29, 1.82) is 0 Å². The summed E-state index contributed by atoms with van der Waals surface area (Å²) >= 11 is 0. The molecular weight excluding hydrogens is 246 g/mol. The lowest BCUT2D eigenvalue weighted by Gasteiger charge is -2.28. The van der Waals surface area contributed by atoms with Gasteiger partial charge in [-0.1, -0.05) is 38.3 Å². The van der Waals surface area contributed by atoms with Crippen molar-refractivity contribution in [2.24, 2.45) is 5.73 Å². The van der Waals surface area contributed by atoms with Gasteiger partial charge in [0.05, 0.1) is 12.3 Å². The van der Waals surface area contributed by atoms with Crippen molar-refractivity contribution in [1.82, 2.24) is 10.2 Å². The molecule has 3 heteroatoms. The molecule has 0 aromatic rings. The van der Waals surface area contributed by atoms with Gasteiger partial charge in [0.2, 0.25) is 0 Å². The van der Waals surface area contributed by atoms with E-state index in [9.17, 15) is 0 Å². The Kier molecular flexibility index (Phi) is 9.22. The monoisotopic (exact) mass is 279 g/mol. The SMILES string of the molecule is CCCCC/C=C/CCCCCC1NC=CN1C(C)N. The van der Waals surface area contributed by atoms with Crippen molar-refractivity contribution in [2.45, 2.75) is 84.0 Å². The number of allylic oxidation sites excluding steroid dienone is 2. The molecule has 2 atom stereocenters. The lowest BCUT2D eigenvalue weighted by Crippen LogP contribution is -2.44. The fourth-order valence-electron chi connectivity index (χ4n) is 2.61. The molecule has 0 saturated carbocycles. The van der Waals surface area contributed by atoms with Gasteiger partial charge in [-0.3, -0.25) is 0 Å². The lowest BCUT2D eigenvalue weighted by molar-refractivity contribution is 0.208. The summed E-state index contributed by atoms with van der Waals surface area (Å²) < 4.78 is 0. The molecule has 0 aromatic heterocycles. The van der Waals surface area contributed by atoms with Crippen LogP contribution in [0.15, 0.2) is 24.6 Å². The van der Waals surface area contributed by atoms with Crippen LogP contribution in [0, 0.1) is 0 Å². The number of rotatable bonds is 11. The Morgan fingerprint density at radius 2 is 1.85 bits per heavy atom. The van der Waals surface area contributed by atoms with Crippen LogP contribution in [0.1, 0.15) is 71.6 Å². The molecule has 1 heterocycles. The molecule has 116 valence electrons. The minimum absolute atomic E-state index is 0.0947. The average molecular weight is 279 g/mol. The molecule has 0 spiro atoms. The summed E-state index contributed by atoms with van der Waals surface area (Å²) in [6.07, 6.45) is 20.9. The van der Waals surface area contributed by atoms with E-state index in [1.54, 1.807) is 0 Å². The van der Waals surface area contributed by atoms with E-state index in [4.69, 9.17) is 5.73 Å². The molecule has 0 bridgehead atoms. The molecule has 3 nitrogen and oxygen atoms in total.